The van der Waals surface area contributed by atoms with Crippen molar-refractivity contribution in [1.82, 2.24) is 20.1 Å². The van der Waals surface area contributed by atoms with Crippen LogP contribution in [0.25, 0.3) is 0 Å². The van der Waals surface area contributed by atoms with Gasteiger partial charge in [0.25, 0.3) is 0 Å². The molecule has 5 heteroatoms. The molecule has 0 unspecified atom stereocenters. The van der Waals surface area contributed by atoms with Crippen molar-refractivity contribution in [1.29, 1.82) is 0 Å². The summed E-state index contributed by atoms with van der Waals surface area (Å²) in [7, 11) is 0. The third-order valence-electron chi connectivity index (χ3n) is 3.06. The molecule has 0 aromatic carbocycles. The number of hydrogen-bond donors (Lipinski definition) is 2. The highest BCUT2D eigenvalue weighted by Crippen LogP contribution is 2.26. The molecule has 0 radical (unpaired) electrons. The lowest BCUT2D eigenvalue weighted by molar-refractivity contribution is 0.0428. The van der Waals surface area contributed by atoms with Crippen LogP contribution in [0.15, 0.2) is 6.33 Å². The van der Waals surface area contributed by atoms with E-state index in [1.807, 2.05) is 4.68 Å². The molecule has 0 amide bonds. The van der Waals surface area contributed by atoms with Crippen molar-refractivity contribution < 1.29 is 5.11 Å². The van der Waals surface area contributed by atoms with Gasteiger partial charge < -0.3 is 10.4 Å². The number of aryl methyl sites for hydroxylation is 1. The first-order chi connectivity index (χ1) is 7.79. The number of aliphatic hydroxyl groups is 1. The van der Waals surface area contributed by atoms with E-state index in [1.165, 1.54) is 0 Å². The van der Waals surface area contributed by atoms with Gasteiger partial charge in [-0.25, -0.2) is 9.67 Å². The Balaban J connectivity index is 1.70. The Morgan fingerprint density at radius 1 is 1.56 bits per heavy atom. The zero-order valence-corrected chi connectivity index (χ0v) is 9.76. The topological polar surface area (TPSA) is 63.0 Å². The molecule has 16 heavy (non-hydrogen) atoms. The Bertz CT molecular complexity index is 320. The van der Waals surface area contributed by atoms with Crippen LogP contribution in [0.2, 0.25) is 0 Å². The standard InChI is InChI=1S/C11H20N4O/c1-2-3-15-11(13-8-14-15)7-12-6-9-4-10(16)5-9/h8-10,12,16H,2-7H2,1H3. The predicted octanol–water partition coefficient (Wildman–Crippen LogP) is 0.549. The fourth-order valence-electron chi connectivity index (χ4n) is 2.08. The molecule has 1 aliphatic rings. The van der Waals surface area contributed by atoms with Gasteiger partial charge in [0.2, 0.25) is 0 Å². The van der Waals surface area contributed by atoms with Gasteiger partial charge in [0.1, 0.15) is 12.2 Å². The van der Waals surface area contributed by atoms with Crippen LogP contribution in [-0.4, -0.2) is 32.5 Å². The van der Waals surface area contributed by atoms with Gasteiger partial charge in [0.05, 0.1) is 12.6 Å². The number of aliphatic hydroxyl groups excluding tert-OH is 1. The summed E-state index contributed by atoms with van der Waals surface area (Å²) in [4.78, 5) is 4.23. The normalized spacial score (nSPS) is 24.4. The van der Waals surface area contributed by atoms with Crippen LogP contribution >= 0.6 is 0 Å². The van der Waals surface area contributed by atoms with E-state index in [9.17, 15) is 0 Å². The van der Waals surface area contributed by atoms with E-state index in [0.717, 1.165) is 44.7 Å². The van der Waals surface area contributed by atoms with Crippen LogP contribution in [0, 0.1) is 5.92 Å². The summed E-state index contributed by atoms with van der Waals surface area (Å²) in [6, 6.07) is 0. The molecule has 1 heterocycles. The molecule has 0 saturated heterocycles. The summed E-state index contributed by atoms with van der Waals surface area (Å²) in [6.07, 6.45) is 4.50. The summed E-state index contributed by atoms with van der Waals surface area (Å²) < 4.78 is 1.95. The Hall–Kier alpha value is -0.940. The second kappa shape index (κ2) is 5.41. The maximum atomic E-state index is 9.16. The van der Waals surface area contributed by atoms with Crippen molar-refractivity contribution in [3.05, 3.63) is 12.2 Å². The van der Waals surface area contributed by atoms with Gasteiger partial charge in [-0.05, 0) is 31.7 Å². The molecule has 1 fully saturated rings. The first kappa shape index (κ1) is 11.5. The fraction of sp³-hybridized carbons (Fsp3) is 0.818. The summed E-state index contributed by atoms with van der Waals surface area (Å²) in [6.45, 7) is 4.80. The highest BCUT2D eigenvalue weighted by atomic mass is 16.3. The smallest absolute Gasteiger partial charge is 0.140 e. The average molecular weight is 224 g/mol. The monoisotopic (exact) mass is 224 g/mol. The largest absolute Gasteiger partial charge is 0.393 e. The maximum absolute atomic E-state index is 9.16. The van der Waals surface area contributed by atoms with Gasteiger partial charge in [-0.15, -0.1) is 0 Å². The molecular formula is C11H20N4O. The fourth-order valence-corrected chi connectivity index (χ4v) is 2.08. The minimum atomic E-state index is -0.0597. The van der Waals surface area contributed by atoms with Crippen LogP contribution in [-0.2, 0) is 13.1 Å². The maximum Gasteiger partial charge on any atom is 0.140 e. The molecule has 0 aliphatic heterocycles. The van der Waals surface area contributed by atoms with Crippen molar-refractivity contribution in [3.8, 4) is 0 Å². The van der Waals surface area contributed by atoms with Crippen LogP contribution in [0.4, 0.5) is 0 Å². The van der Waals surface area contributed by atoms with Crippen molar-refractivity contribution >= 4 is 0 Å². The third kappa shape index (κ3) is 2.80. The van der Waals surface area contributed by atoms with E-state index in [0.29, 0.717) is 5.92 Å². The van der Waals surface area contributed by atoms with E-state index in [4.69, 9.17) is 5.11 Å². The first-order valence-electron chi connectivity index (χ1n) is 6.05. The summed E-state index contributed by atoms with van der Waals surface area (Å²) in [5.74, 6) is 1.64. The predicted molar refractivity (Wildman–Crippen MR) is 60.8 cm³/mol. The Morgan fingerprint density at radius 2 is 2.38 bits per heavy atom. The molecule has 1 saturated carbocycles. The highest BCUT2D eigenvalue weighted by Gasteiger charge is 2.26. The van der Waals surface area contributed by atoms with Crippen molar-refractivity contribution in [2.45, 2.75) is 45.4 Å². The van der Waals surface area contributed by atoms with Gasteiger partial charge in [0.15, 0.2) is 0 Å². The zero-order valence-electron chi connectivity index (χ0n) is 9.76. The van der Waals surface area contributed by atoms with Gasteiger partial charge >= 0.3 is 0 Å². The second-order valence-corrected chi connectivity index (χ2v) is 4.52. The second-order valence-electron chi connectivity index (χ2n) is 4.52. The molecule has 2 N–H and O–H groups in total. The SMILES string of the molecule is CCCn1ncnc1CNCC1CC(O)C1. The molecule has 0 atom stereocenters. The number of nitrogens with one attached hydrogen (secondary N) is 1. The Kier molecular flexibility index (Phi) is 3.90. The molecule has 5 nitrogen and oxygen atoms in total. The van der Waals surface area contributed by atoms with Crippen LogP contribution < -0.4 is 5.32 Å². The van der Waals surface area contributed by atoms with Gasteiger partial charge in [-0.3, -0.25) is 0 Å². The lowest BCUT2D eigenvalue weighted by Crippen LogP contribution is -2.36. The molecule has 0 bridgehead atoms. The molecule has 1 aromatic heterocycles. The Labute approximate surface area is 95.9 Å². The van der Waals surface area contributed by atoms with Crippen LogP contribution in [0.3, 0.4) is 0 Å². The number of rotatable bonds is 6. The molecule has 2 rings (SSSR count). The number of aromatic nitrogens is 3. The van der Waals surface area contributed by atoms with Crippen molar-refractivity contribution in [3.63, 3.8) is 0 Å². The Morgan fingerprint density at radius 3 is 3.06 bits per heavy atom. The molecular weight excluding hydrogens is 204 g/mol. The highest BCUT2D eigenvalue weighted by molar-refractivity contribution is 4.85. The summed E-state index contributed by atoms with van der Waals surface area (Å²) >= 11 is 0. The third-order valence-corrected chi connectivity index (χ3v) is 3.06. The van der Waals surface area contributed by atoms with Crippen molar-refractivity contribution in [2.75, 3.05) is 6.54 Å². The molecule has 90 valence electrons. The van der Waals surface area contributed by atoms with Crippen LogP contribution in [0.1, 0.15) is 32.0 Å². The van der Waals surface area contributed by atoms with Gasteiger partial charge in [0, 0.05) is 6.54 Å². The lowest BCUT2D eigenvalue weighted by atomic mass is 9.82. The minimum Gasteiger partial charge on any atom is -0.393 e. The molecule has 1 aromatic rings. The van der Waals surface area contributed by atoms with E-state index in [-0.39, 0.29) is 6.10 Å². The van der Waals surface area contributed by atoms with E-state index < -0.39 is 0 Å². The molecule has 1 aliphatic carbocycles. The minimum absolute atomic E-state index is 0.0597. The quantitative estimate of drug-likeness (QED) is 0.740. The summed E-state index contributed by atoms with van der Waals surface area (Å²) in [5, 5.41) is 16.7. The van der Waals surface area contributed by atoms with Crippen LogP contribution in [0.5, 0.6) is 0 Å². The number of hydrogen-bond acceptors (Lipinski definition) is 4. The average Bonchev–Trinajstić information content (AvgIpc) is 2.64. The zero-order chi connectivity index (χ0) is 11.4. The lowest BCUT2D eigenvalue weighted by Gasteiger charge is -2.31. The first-order valence-corrected chi connectivity index (χ1v) is 6.05. The molecule has 0 spiro atoms. The number of nitrogens with zero attached hydrogens (tertiary/aromatic N) is 3. The van der Waals surface area contributed by atoms with E-state index in [1.54, 1.807) is 6.33 Å². The van der Waals surface area contributed by atoms with Gasteiger partial charge in [-0.1, -0.05) is 6.92 Å². The van der Waals surface area contributed by atoms with E-state index in [2.05, 4.69) is 22.3 Å². The van der Waals surface area contributed by atoms with Crippen molar-refractivity contribution in [2.24, 2.45) is 5.92 Å². The van der Waals surface area contributed by atoms with E-state index >= 15 is 0 Å². The van der Waals surface area contributed by atoms with Gasteiger partial charge in [-0.2, -0.15) is 5.10 Å². The summed E-state index contributed by atoms with van der Waals surface area (Å²) in [5.41, 5.74) is 0.